The van der Waals surface area contributed by atoms with Crippen LogP contribution in [-0.4, -0.2) is 35.3 Å². The van der Waals surface area contributed by atoms with Crippen molar-refractivity contribution in [1.29, 1.82) is 0 Å². The van der Waals surface area contributed by atoms with E-state index in [2.05, 4.69) is 4.52 Å². The van der Waals surface area contributed by atoms with Gasteiger partial charge in [0.2, 0.25) is 0 Å². The van der Waals surface area contributed by atoms with Crippen molar-refractivity contribution in [3.8, 4) is 0 Å². The molecule has 1 rings (SSSR count). The molecule has 0 radical (unpaired) electrons. The first-order valence-corrected chi connectivity index (χ1v) is 7.63. The molecule has 7 heteroatoms. The smallest absolute Gasteiger partial charge is 0.410 e. The van der Waals surface area contributed by atoms with Crippen molar-refractivity contribution in [2.24, 2.45) is 0 Å². The Bertz CT molecular complexity index is 503. The van der Waals surface area contributed by atoms with Crippen molar-refractivity contribution in [3.05, 3.63) is 35.9 Å². The Morgan fingerprint density at radius 3 is 2.40 bits per heavy atom. The van der Waals surface area contributed by atoms with Gasteiger partial charge in [-0.1, -0.05) is 30.3 Å². The molecule has 0 aromatic heterocycles. The molecular formula is C13H20NO5P. The van der Waals surface area contributed by atoms with E-state index in [0.717, 1.165) is 17.6 Å². The fourth-order valence-corrected chi connectivity index (χ4v) is 2.36. The van der Waals surface area contributed by atoms with Crippen molar-refractivity contribution in [1.82, 2.24) is 4.90 Å². The van der Waals surface area contributed by atoms with Crippen LogP contribution in [0.2, 0.25) is 0 Å². The fraction of sp³-hybridized carbons (Fsp3) is 0.462. The first-order valence-electron chi connectivity index (χ1n) is 6.05. The van der Waals surface area contributed by atoms with Crippen molar-refractivity contribution < 1.29 is 23.5 Å². The molecule has 0 heterocycles. The molecule has 1 aromatic carbocycles. The lowest BCUT2D eigenvalue weighted by Gasteiger charge is -2.36. The zero-order chi connectivity index (χ0) is 15.4. The van der Waals surface area contributed by atoms with Crippen LogP contribution in [0.5, 0.6) is 0 Å². The van der Waals surface area contributed by atoms with Gasteiger partial charge in [0.05, 0.1) is 0 Å². The monoisotopic (exact) mass is 301 g/mol. The second kappa shape index (κ2) is 6.39. The SMILES string of the molecule is COP(=O)(O)C(C)(C)N(C)C(=O)OCc1ccccc1. The summed E-state index contributed by atoms with van der Waals surface area (Å²) in [5, 5.41) is -1.38. The number of amides is 1. The molecule has 0 bridgehead atoms. The van der Waals surface area contributed by atoms with E-state index in [1.807, 2.05) is 30.3 Å². The summed E-state index contributed by atoms with van der Waals surface area (Å²) in [6.45, 7) is 2.99. The van der Waals surface area contributed by atoms with Gasteiger partial charge in [-0.2, -0.15) is 0 Å². The number of nitrogens with zero attached hydrogens (tertiary/aromatic N) is 1. The normalized spacial score (nSPS) is 14.4. The maximum atomic E-state index is 11.9. The van der Waals surface area contributed by atoms with Gasteiger partial charge in [0.1, 0.15) is 11.9 Å². The number of carbonyl (C=O) groups is 1. The van der Waals surface area contributed by atoms with E-state index >= 15 is 0 Å². The molecule has 1 atom stereocenters. The number of ether oxygens (including phenoxy) is 1. The second-order valence-electron chi connectivity index (χ2n) is 4.80. The van der Waals surface area contributed by atoms with E-state index in [1.165, 1.54) is 20.9 Å². The van der Waals surface area contributed by atoms with Gasteiger partial charge in [-0.15, -0.1) is 0 Å². The fourth-order valence-electron chi connectivity index (χ4n) is 1.45. The quantitative estimate of drug-likeness (QED) is 0.846. The van der Waals surface area contributed by atoms with Gasteiger partial charge in [-0.3, -0.25) is 9.46 Å². The summed E-state index contributed by atoms with van der Waals surface area (Å²) in [6, 6.07) is 9.18. The molecule has 6 nitrogen and oxygen atoms in total. The zero-order valence-corrected chi connectivity index (χ0v) is 13.0. The van der Waals surface area contributed by atoms with Gasteiger partial charge in [-0.25, -0.2) is 4.79 Å². The van der Waals surface area contributed by atoms with Crippen LogP contribution in [-0.2, 0) is 20.4 Å². The van der Waals surface area contributed by atoms with Crippen LogP contribution in [0.4, 0.5) is 4.79 Å². The van der Waals surface area contributed by atoms with Crippen molar-refractivity contribution >= 4 is 13.7 Å². The molecule has 0 aliphatic rings. The first-order chi connectivity index (χ1) is 9.22. The van der Waals surface area contributed by atoms with Crippen LogP contribution in [0, 0.1) is 0 Å². The Kier molecular flexibility index (Phi) is 5.34. The van der Waals surface area contributed by atoms with Gasteiger partial charge in [0.15, 0.2) is 0 Å². The maximum Gasteiger partial charge on any atom is 0.410 e. The molecule has 0 fully saturated rings. The van der Waals surface area contributed by atoms with Crippen LogP contribution < -0.4 is 0 Å². The van der Waals surface area contributed by atoms with Crippen LogP contribution >= 0.6 is 7.60 Å². The Hall–Kier alpha value is -1.36. The molecule has 112 valence electrons. The van der Waals surface area contributed by atoms with Gasteiger partial charge in [-0.05, 0) is 19.4 Å². The summed E-state index contributed by atoms with van der Waals surface area (Å²) in [7, 11) is -1.43. The standard InChI is InChI=1S/C13H20NO5P/c1-13(2,20(16,17)18-4)14(3)12(15)19-10-11-8-6-5-7-9-11/h5-9H,10H2,1-4H3,(H,16,17). The predicted molar refractivity (Wildman–Crippen MR) is 75.3 cm³/mol. The highest BCUT2D eigenvalue weighted by Crippen LogP contribution is 2.55. The Labute approximate surface area is 118 Å². The maximum absolute atomic E-state index is 11.9. The Morgan fingerprint density at radius 1 is 1.35 bits per heavy atom. The number of hydrogen-bond donors (Lipinski definition) is 1. The molecule has 1 unspecified atom stereocenters. The third-order valence-corrected chi connectivity index (χ3v) is 5.42. The van der Waals surface area contributed by atoms with Crippen molar-refractivity contribution in [3.63, 3.8) is 0 Å². The van der Waals surface area contributed by atoms with Gasteiger partial charge < -0.3 is 14.2 Å². The zero-order valence-electron chi connectivity index (χ0n) is 12.1. The number of hydrogen-bond acceptors (Lipinski definition) is 4. The lowest BCUT2D eigenvalue weighted by molar-refractivity contribution is 0.0812. The average molecular weight is 301 g/mol. The molecule has 1 amide bonds. The van der Waals surface area contributed by atoms with Gasteiger partial charge in [0.25, 0.3) is 0 Å². The van der Waals surface area contributed by atoms with E-state index in [9.17, 15) is 14.3 Å². The molecular weight excluding hydrogens is 281 g/mol. The summed E-state index contributed by atoms with van der Waals surface area (Å²) >= 11 is 0. The molecule has 0 saturated carbocycles. The predicted octanol–water partition coefficient (Wildman–Crippen LogP) is 2.82. The Balaban J connectivity index is 2.70. The lowest BCUT2D eigenvalue weighted by Crippen LogP contribution is -2.45. The van der Waals surface area contributed by atoms with Gasteiger partial charge in [0, 0.05) is 14.2 Å². The minimum atomic E-state index is -3.96. The first kappa shape index (κ1) is 16.7. The van der Waals surface area contributed by atoms with E-state index in [4.69, 9.17) is 4.74 Å². The highest BCUT2D eigenvalue weighted by atomic mass is 31.2. The molecule has 1 N–H and O–H groups in total. The van der Waals surface area contributed by atoms with Crippen LogP contribution in [0.15, 0.2) is 30.3 Å². The summed E-state index contributed by atoms with van der Waals surface area (Å²) < 4.78 is 21.6. The molecule has 20 heavy (non-hydrogen) atoms. The number of benzene rings is 1. The van der Waals surface area contributed by atoms with Crippen molar-refractivity contribution in [2.75, 3.05) is 14.2 Å². The molecule has 0 aliphatic heterocycles. The summed E-state index contributed by atoms with van der Waals surface area (Å²) in [5.41, 5.74) is 0.839. The summed E-state index contributed by atoms with van der Waals surface area (Å²) in [5.74, 6) is 0. The number of rotatable bonds is 5. The van der Waals surface area contributed by atoms with Crippen LogP contribution in [0.3, 0.4) is 0 Å². The van der Waals surface area contributed by atoms with Gasteiger partial charge >= 0.3 is 13.7 Å². The largest absolute Gasteiger partial charge is 0.445 e. The highest BCUT2D eigenvalue weighted by molar-refractivity contribution is 7.54. The van der Waals surface area contributed by atoms with Crippen LogP contribution in [0.25, 0.3) is 0 Å². The average Bonchev–Trinajstić information content (AvgIpc) is 2.44. The van der Waals surface area contributed by atoms with E-state index in [0.29, 0.717) is 0 Å². The third kappa shape index (κ3) is 3.60. The van der Waals surface area contributed by atoms with E-state index in [1.54, 1.807) is 0 Å². The highest BCUT2D eigenvalue weighted by Gasteiger charge is 2.46. The minimum absolute atomic E-state index is 0.100. The molecule has 1 aromatic rings. The summed E-state index contributed by atoms with van der Waals surface area (Å²) in [4.78, 5) is 22.8. The third-order valence-electron chi connectivity index (χ3n) is 3.24. The Morgan fingerprint density at radius 2 is 1.90 bits per heavy atom. The van der Waals surface area contributed by atoms with E-state index in [-0.39, 0.29) is 6.61 Å². The number of carbonyl (C=O) groups excluding carboxylic acids is 1. The summed E-state index contributed by atoms with van der Waals surface area (Å²) in [6.07, 6.45) is -0.690. The van der Waals surface area contributed by atoms with Crippen LogP contribution in [0.1, 0.15) is 19.4 Å². The topological polar surface area (TPSA) is 76.1 Å². The molecule has 0 spiro atoms. The molecule has 0 aliphatic carbocycles. The van der Waals surface area contributed by atoms with E-state index < -0.39 is 19.0 Å². The second-order valence-corrected chi connectivity index (χ2v) is 7.30. The minimum Gasteiger partial charge on any atom is -0.445 e. The lowest BCUT2D eigenvalue weighted by atomic mass is 10.2. The van der Waals surface area contributed by atoms with Crippen molar-refractivity contribution in [2.45, 2.75) is 25.7 Å². The molecule has 0 saturated heterocycles.